The maximum Gasteiger partial charge on any atom is 0.303 e. The molecule has 1 aliphatic rings. The fourth-order valence-electron chi connectivity index (χ4n) is 2.66. The lowest BCUT2D eigenvalue weighted by Crippen LogP contribution is -2.34. The molecule has 0 amide bonds. The number of nitro benzene ring substituents is 1. The average molecular weight is 404 g/mol. The zero-order chi connectivity index (χ0) is 15.4. The van der Waals surface area contributed by atoms with Gasteiger partial charge < -0.3 is 10.0 Å². The average Bonchev–Trinajstić information content (AvgIpc) is 2.45. The zero-order valence-electron chi connectivity index (χ0n) is 11.5. The molecule has 1 aromatic carbocycles. The minimum absolute atomic E-state index is 0.111. The molecule has 0 bridgehead atoms. The summed E-state index contributed by atoms with van der Waals surface area (Å²) in [5.74, 6) is -0.268. The van der Waals surface area contributed by atoms with Gasteiger partial charge in [-0.2, -0.15) is 0 Å². The number of rotatable bonds is 5. The molecule has 0 unspecified atom stereocenters. The van der Waals surface area contributed by atoms with E-state index in [1.807, 2.05) is 0 Å². The second-order valence-corrected chi connectivity index (χ2v) is 6.42. The molecular formula is C14H17IN2O4. The monoisotopic (exact) mass is 404 g/mol. The molecule has 1 aromatic rings. The number of carbonyl (C=O) groups is 1. The fourth-order valence-corrected chi connectivity index (χ4v) is 3.50. The van der Waals surface area contributed by atoms with Gasteiger partial charge in [-0.05, 0) is 53.8 Å². The van der Waals surface area contributed by atoms with E-state index in [1.54, 1.807) is 12.1 Å². The molecule has 1 aliphatic heterocycles. The van der Waals surface area contributed by atoms with Gasteiger partial charge in [-0.1, -0.05) is 0 Å². The second-order valence-electron chi connectivity index (χ2n) is 5.26. The van der Waals surface area contributed by atoms with Crippen molar-refractivity contribution in [1.29, 1.82) is 0 Å². The van der Waals surface area contributed by atoms with Crippen LogP contribution in [0.15, 0.2) is 18.2 Å². The second kappa shape index (κ2) is 7.06. The van der Waals surface area contributed by atoms with Gasteiger partial charge >= 0.3 is 5.97 Å². The van der Waals surface area contributed by atoms with Crippen LogP contribution in [0, 0.1) is 19.6 Å². The number of nitro groups is 1. The highest BCUT2D eigenvalue weighted by atomic mass is 127. The number of anilines is 1. The van der Waals surface area contributed by atoms with E-state index in [1.165, 1.54) is 6.07 Å². The van der Waals surface area contributed by atoms with Gasteiger partial charge in [-0.15, -0.1) is 0 Å². The molecule has 0 atom stereocenters. The number of hydrogen-bond acceptors (Lipinski definition) is 4. The van der Waals surface area contributed by atoms with Gasteiger partial charge in [0.1, 0.15) is 0 Å². The molecule has 0 radical (unpaired) electrons. The van der Waals surface area contributed by atoms with E-state index < -0.39 is 5.97 Å². The Balaban J connectivity index is 1.96. The number of carboxylic acids is 1. The quantitative estimate of drug-likeness (QED) is 0.463. The van der Waals surface area contributed by atoms with Gasteiger partial charge in [0.2, 0.25) is 0 Å². The van der Waals surface area contributed by atoms with E-state index in [0.29, 0.717) is 5.92 Å². The van der Waals surface area contributed by atoms with Crippen LogP contribution >= 0.6 is 22.6 Å². The summed E-state index contributed by atoms with van der Waals surface area (Å²) < 4.78 is 0.880. The fraction of sp³-hybridized carbons (Fsp3) is 0.500. The number of hydrogen-bond donors (Lipinski definition) is 1. The van der Waals surface area contributed by atoms with Crippen molar-refractivity contribution in [3.05, 3.63) is 31.9 Å². The largest absolute Gasteiger partial charge is 0.481 e. The summed E-state index contributed by atoms with van der Waals surface area (Å²) in [7, 11) is 0. The van der Waals surface area contributed by atoms with Crippen molar-refractivity contribution in [3.8, 4) is 0 Å². The number of benzene rings is 1. The number of aliphatic carboxylic acids is 1. The van der Waals surface area contributed by atoms with Crippen molar-refractivity contribution in [2.24, 2.45) is 5.92 Å². The molecule has 1 N–H and O–H groups in total. The molecular weight excluding hydrogens is 387 g/mol. The molecule has 1 fully saturated rings. The van der Waals surface area contributed by atoms with Gasteiger partial charge in [-0.3, -0.25) is 14.9 Å². The lowest BCUT2D eigenvalue weighted by atomic mass is 9.92. The third kappa shape index (κ3) is 4.29. The summed E-state index contributed by atoms with van der Waals surface area (Å²) in [4.78, 5) is 23.2. The Labute approximate surface area is 136 Å². The summed E-state index contributed by atoms with van der Waals surface area (Å²) in [5, 5.41) is 19.5. The van der Waals surface area contributed by atoms with Gasteiger partial charge in [-0.25, -0.2) is 0 Å². The Bertz CT molecular complexity index is 542. The van der Waals surface area contributed by atoms with E-state index >= 15 is 0 Å². The van der Waals surface area contributed by atoms with Crippen LogP contribution in [-0.4, -0.2) is 29.1 Å². The molecule has 6 nitrogen and oxygen atoms in total. The van der Waals surface area contributed by atoms with E-state index in [0.717, 1.165) is 41.6 Å². The maximum atomic E-state index is 10.8. The van der Waals surface area contributed by atoms with E-state index in [-0.39, 0.29) is 17.0 Å². The summed E-state index contributed by atoms with van der Waals surface area (Å²) in [6.07, 6.45) is 2.92. The topological polar surface area (TPSA) is 83.7 Å². The standard InChI is InChI=1S/C14H17IN2O4/c15-12-9-11(17(20)21)2-3-13(12)16-7-5-10(6-8-16)1-4-14(18)19/h2-3,9-10H,1,4-8H2,(H,18,19). The summed E-state index contributed by atoms with van der Waals surface area (Å²) in [6.45, 7) is 1.75. The van der Waals surface area contributed by atoms with Crippen LogP contribution in [0.3, 0.4) is 0 Å². The molecule has 7 heteroatoms. The van der Waals surface area contributed by atoms with Crippen molar-refractivity contribution in [2.45, 2.75) is 25.7 Å². The van der Waals surface area contributed by atoms with Crippen LogP contribution in [0.4, 0.5) is 11.4 Å². The van der Waals surface area contributed by atoms with Gasteiger partial charge in [0.15, 0.2) is 0 Å². The first-order chi connectivity index (χ1) is 9.97. The number of halogens is 1. The first kappa shape index (κ1) is 16.0. The van der Waals surface area contributed by atoms with Crippen molar-refractivity contribution >= 4 is 39.9 Å². The molecule has 0 aromatic heterocycles. The minimum atomic E-state index is -0.734. The third-order valence-corrected chi connectivity index (χ3v) is 4.73. The Morgan fingerprint density at radius 3 is 2.62 bits per heavy atom. The third-order valence-electron chi connectivity index (χ3n) is 3.86. The predicted octanol–water partition coefficient (Wildman–Crippen LogP) is 3.28. The predicted molar refractivity (Wildman–Crippen MR) is 87.6 cm³/mol. The highest BCUT2D eigenvalue weighted by Gasteiger charge is 2.22. The maximum absolute atomic E-state index is 10.8. The van der Waals surface area contributed by atoms with Crippen LogP contribution in [0.25, 0.3) is 0 Å². The Hall–Kier alpha value is -1.38. The molecule has 1 saturated heterocycles. The number of piperidine rings is 1. The smallest absolute Gasteiger partial charge is 0.303 e. The molecule has 1 heterocycles. The van der Waals surface area contributed by atoms with Crippen molar-refractivity contribution in [1.82, 2.24) is 0 Å². The highest BCUT2D eigenvalue weighted by molar-refractivity contribution is 14.1. The summed E-state index contributed by atoms with van der Waals surface area (Å²) in [6, 6.07) is 4.93. The van der Waals surface area contributed by atoms with Crippen LogP contribution in [0.1, 0.15) is 25.7 Å². The van der Waals surface area contributed by atoms with Crippen molar-refractivity contribution in [2.75, 3.05) is 18.0 Å². The van der Waals surface area contributed by atoms with Crippen LogP contribution in [0.2, 0.25) is 0 Å². The molecule has 2 rings (SSSR count). The Kier molecular flexibility index (Phi) is 5.38. The zero-order valence-corrected chi connectivity index (χ0v) is 13.7. The molecule has 0 saturated carbocycles. The first-order valence-electron chi connectivity index (χ1n) is 6.88. The Morgan fingerprint density at radius 1 is 1.43 bits per heavy atom. The lowest BCUT2D eigenvalue weighted by Gasteiger charge is -2.34. The SMILES string of the molecule is O=C(O)CCC1CCN(c2ccc([N+](=O)[O-])cc2I)CC1. The normalized spacial score (nSPS) is 16.0. The number of non-ortho nitro benzene ring substituents is 1. The van der Waals surface area contributed by atoms with Gasteiger partial charge in [0, 0.05) is 35.2 Å². The molecule has 114 valence electrons. The van der Waals surface area contributed by atoms with Crippen molar-refractivity contribution in [3.63, 3.8) is 0 Å². The Morgan fingerprint density at radius 2 is 2.10 bits per heavy atom. The minimum Gasteiger partial charge on any atom is -0.481 e. The number of carboxylic acid groups (broad SMARTS) is 1. The van der Waals surface area contributed by atoms with Crippen LogP contribution in [0.5, 0.6) is 0 Å². The van der Waals surface area contributed by atoms with Gasteiger partial charge in [0.25, 0.3) is 5.69 Å². The van der Waals surface area contributed by atoms with E-state index in [4.69, 9.17) is 5.11 Å². The summed E-state index contributed by atoms with van der Waals surface area (Å²) >= 11 is 2.13. The highest BCUT2D eigenvalue weighted by Crippen LogP contribution is 2.31. The van der Waals surface area contributed by atoms with Gasteiger partial charge in [0.05, 0.1) is 10.6 Å². The van der Waals surface area contributed by atoms with E-state index in [9.17, 15) is 14.9 Å². The van der Waals surface area contributed by atoms with Crippen LogP contribution < -0.4 is 4.90 Å². The molecule has 0 aliphatic carbocycles. The van der Waals surface area contributed by atoms with E-state index in [2.05, 4.69) is 27.5 Å². The first-order valence-corrected chi connectivity index (χ1v) is 7.96. The van der Waals surface area contributed by atoms with Crippen molar-refractivity contribution < 1.29 is 14.8 Å². The summed E-state index contributed by atoms with van der Waals surface area (Å²) in [5.41, 5.74) is 1.14. The lowest BCUT2D eigenvalue weighted by molar-refractivity contribution is -0.384. The van der Waals surface area contributed by atoms with Crippen LogP contribution in [-0.2, 0) is 4.79 Å². The molecule has 21 heavy (non-hydrogen) atoms. The molecule has 0 spiro atoms. The number of nitrogens with zero attached hydrogens (tertiary/aromatic N) is 2.